The molecular formula is C5H10NOS+. The molecule has 0 radical (unpaired) electrons. The van der Waals surface area contributed by atoms with Crippen molar-refractivity contribution in [3.63, 3.8) is 0 Å². The second-order valence-electron chi connectivity index (χ2n) is 1.45. The van der Waals surface area contributed by atoms with Gasteiger partial charge in [0, 0.05) is 10.6 Å². The molecule has 3 heteroatoms. The molecule has 0 aromatic heterocycles. The fraction of sp³-hybridized carbons (Fsp3) is 0.600. The first-order valence-corrected chi connectivity index (χ1v) is 3.27. The molecule has 0 heterocycles. The SMILES string of the molecule is C=C[C@@H](CCN)[S+]=O. The molecule has 0 spiro atoms. The fourth-order valence-corrected chi connectivity index (χ4v) is 0.680. The zero-order chi connectivity index (χ0) is 6.41. The van der Waals surface area contributed by atoms with Crippen molar-refractivity contribution in [2.45, 2.75) is 11.7 Å². The molecule has 2 N–H and O–H groups in total. The summed E-state index contributed by atoms with van der Waals surface area (Å²) in [5.74, 6) is 0. The van der Waals surface area contributed by atoms with Crippen LogP contribution in [0.1, 0.15) is 6.42 Å². The van der Waals surface area contributed by atoms with E-state index in [0.29, 0.717) is 18.2 Å². The largest absolute Gasteiger partial charge is 0.466 e. The Balaban J connectivity index is 3.35. The van der Waals surface area contributed by atoms with Gasteiger partial charge in [0.1, 0.15) is 0 Å². The van der Waals surface area contributed by atoms with Gasteiger partial charge in [-0.15, -0.1) is 0 Å². The van der Waals surface area contributed by atoms with Crippen LogP contribution < -0.4 is 5.73 Å². The predicted octanol–water partition coefficient (Wildman–Crippen LogP) is 0.318. The Hall–Kier alpha value is -0.280. The normalized spacial score (nSPS) is 12.6. The van der Waals surface area contributed by atoms with Gasteiger partial charge in [0.15, 0.2) is 0 Å². The summed E-state index contributed by atoms with van der Waals surface area (Å²) in [5, 5.41) is -0.000000000000000222. The summed E-state index contributed by atoms with van der Waals surface area (Å²) in [6.45, 7) is 4.04. The highest BCUT2D eigenvalue weighted by Gasteiger charge is 2.13. The van der Waals surface area contributed by atoms with E-state index in [9.17, 15) is 4.21 Å². The van der Waals surface area contributed by atoms with E-state index in [0.717, 1.165) is 6.42 Å². The summed E-state index contributed by atoms with van der Waals surface area (Å²) in [7, 11) is 0. The highest BCUT2D eigenvalue weighted by molar-refractivity contribution is 7.66. The van der Waals surface area contributed by atoms with Crippen LogP contribution in [0.5, 0.6) is 0 Å². The van der Waals surface area contributed by atoms with Gasteiger partial charge < -0.3 is 5.73 Å². The van der Waals surface area contributed by atoms with Crippen molar-refractivity contribution in [3.8, 4) is 0 Å². The number of hydrogen-bond acceptors (Lipinski definition) is 2. The zero-order valence-electron chi connectivity index (χ0n) is 4.67. The van der Waals surface area contributed by atoms with E-state index in [1.165, 1.54) is 0 Å². The van der Waals surface area contributed by atoms with E-state index in [4.69, 9.17) is 5.73 Å². The quantitative estimate of drug-likeness (QED) is 0.442. The maximum absolute atomic E-state index is 10.0. The van der Waals surface area contributed by atoms with Gasteiger partial charge in [0.2, 0.25) is 0 Å². The second kappa shape index (κ2) is 4.87. The molecular weight excluding hydrogens is 122 g/mol. The average Bonchev–Trinajstić information content (AvgIpc) is 1.83. The van der Waals surface area contributed by atoms with Crippen molar-refractivity contribution in [3.05, 3.63) is 12.7 Å². The Bertz CT molecular complexity index is 76.5. The van der Waals surface area contributed by atoms with Gasteiger partial charge in [-0.3, -0.25) is 0 Å². The summed E-state index contributed by atoms with van der Waals surface area (Å²) >= 11 is 0.546. The molecule has 0 fully saturated rings. The molecule has 0 aliphatic rings. The van der Waals surface area contributed by atoms with Gasteiger partial charge in [-0.2, -0.15) is 0 Å². The molecule has 0 amide bonds. The van der Waals surface area contributed by atoms with Crippen molar-refractivity contribution >= 4 is 11.7 Å². The molecule has 0 unspecified atom stereocenters. The summed E-state index contributed by atoms with van der Waals surface area (Å²) < 4.78 is 10.0. The molecule has 0 aliphatic carbocycles. The van der Waals surface area contributed by atoms with E-state index < -0.39 is 0 Å². The lowest BCUT2D eigenvalue weighted by molar-refractivity contribution is 0.599. The van der Waals surface area contributed by atoms with Gasteiger partial charge in [-0.1, -0.05) is 6.58 Å². The van der Waals surface area contributed by atoms with Gasteiger partial charge in [0.25, 0.3) is 5.25 Å². The van der Waals surface area contributed by atoms with Crippen LogP contribution >= 0.6 is 0 Å². The molecule has 0 aliphatic heterocycles. The van der Waals surface area contributed by atoms with Gasteiger partial charge in [-0.05, 0) is 12.6 Å². The molecule has 0 saturated carbocycles. The third kappa shape index (κ3) is 2.82. The lowest BCUT2D eigenvalue weighted by Gasteiger charge is -1.85. The standard InChI is InChI=1S/C5H10NOS/c1-2-5(8-7)3-4-6/h2,5H,1,3-4,6H2/q+1/t5-/m0/s1. The number of nitrogens with two attached hydrogens (primary N) is 1. The van der Waals surface area contributed by atoms with Gasteiger partial charge in [0.05, 0.1) is 0 Å². The van der Waals surface area contributed by atoms with Gasteiger partial charge >= 0.3 is 11.7 Å². The molecule has 0 saturated heterocycles. The summed E-state index contributed by atoms with van der Waals surface area (Å²) in [4.78, 5) is 0. The lowest BCUT2D eigenvalue weighted by atomic mass is 10.3. The molecule has 0 rings (SSSR count). The zero-order valence-corrected chi connectivity index (χ0v) is 5.49. The molecule has 2 nitrogen and oxygen atoms in total. The van der Waals surface area contributed by atoms with Crippen LogP contribution in [0.4, 0.5) is 0 Å². The van der Waals surface area contributed by atoms with Crippen molar-refractivity contribution < 1.29 is 4.21 Å². The van der Waals surface area contributed by atoms with E-state index in [2.05, 4.69) is 6.58 Å². The Morgan fingerprint density at radius 3 is 2.62 bits per heavy atom. The van der Waals surface area contributed by atoms with Crippen molar-refractivity contribution in [1.82, 2.24) is 0 Å². The second-order valence-corrected chi connectivity index (χ2v) is 2.25. The Morgan fingerprint density at radius 1 is 1.88 bits per heavy atom. The minimum atomic E-state index is -0.000000000000000222. The van der Waals surface area contributed by atoms with E-state index >= 15 is 0 Å². The minimum Gasteiger partial charge on any atom is -0.330 e. The highest BCUT2D eigenvalue weighted by Crippen LogP contribution is 1.91. The average molecular weight is 132 g/mol. The lowest BCUT2D eigenvalue weighted by Crippen LogP contribution is -2.09. The first kappa shape index (κ1) is 7.72. The predicted molar refractivity (Wildman–Crippen MR) is 35.7 cm³/mol. The van der Waals surface area contributed by atoms with Crippen LogP contribution in [0, 0.1) is 0 Å². The van der Waals surface area contributed by atoms with Crippen molar-refractivity contribution in [2.24, 2.45) is 5.73 Å². The maximum Gasteiger partial charge on any atom is 0.466 e. The van der Waals surface area contributed by atoms with Gasteiger partial charge in [-0.25, -0.2) is 0 Å². The fourth-order valence-electron chi connectivity index (χ4n) is 0.370. The summed E-state index contributed by atoms with van der Waals surface area (Å²) in [5.41, 5.74) is 5.18. The highest BCUT2D eigenvalue weighted by atomic mass is 32.1. The Labute approximate surface area is 53.3 Å². The van der Waals surface area contributed by atoms with Crippen LogP contribution in [0.25, 0.3) is 0 Å². The third-order valence-electron chi connectivity index (χ3n) is 0.838. The van der Waals surface area contributed by atoms with E-state index in [1.54, 1.807) is 6.08 Å². The van der Waals surface area contributed by atoms with E-state index in [1.807, 2.05) is 0 Å². The molecule has 46 valence electrons. The van der Waals surface area contributed by atoms with E-state index in [-0.39, 0.29) is 5.25 Å². The molecule has 0 aromatic rings. The first-order valence-electron chi connectivity index (χ1n) is 2.46. The number of hydrogen-bond donors (Lipinski definition) is 1. The van der Waals surface area contributed by atoms with Crippen LogP contribution in [0.15, 0.2) is 12.7 Å². The van der Waals surface area contributed by atoms with Crippen molar-refractivity contribution in [2.75, 3.05) is 6.54 Å². The van der Waals surface area contributed by atoms with Crippen LogP contribution in [0.2, 0.25) is 0 Å². The van der Waals surface area contributed by atoms with Crippen LogP contribution in [-0.2, 0) is 15.9 Å². The first-order chi connectivity index (χ1) is 3.85. The Kier molecular flexibility index (Phi) is 4.70. The molecule has 0 aromatic carbocycles. The molecule has 1 atom stereocenters. The summed E-state index contributed by atoms with van der Waals surface area (Å²) in [6.07, 6.45) is 2.36. The third-order valence-corrected chi connectivity index (χ3v) is 1.51. The van der Waals surface area contributed by atoms with Crippen LogP contribution in [0.3, 0.4) is 0 Å². The monoisotopic (exact) mass is 132 g/mol. The Morgan fingerprint density at radius 2 is 2.50 bits per heavy atom. The molecule has 0 bridgehead atoms. The summed E-state index contributed by atoms with van der Waals surface area (Å²) in [6, 6.07) is 0. The topological polar surface area (TPSA) is 43.1 Å². The smallest absolute Gasteiger partial charge is 0.330 e. The van der Waals surface area contributed by atoms with Crippen molar-refractivity contribution in [1.29, 1.82) is 0 Å². The maximum atomic E-state index is 10.0. The molecule has 8 heavy (non-hydrogen) atoms. The number of rotatable bonds is 4. The minimum absolute atomic E-state index is 0.000000000000000222. The van der Waals surface area contributed by atoms with Crippen LogP contribution in [-0.4, -0.2) is 11.8 Å².